The maximum Gasteiger partial charge on any atom is 0.254 e. The van der Waals surface area contributed by atoms with Crippen molar-refractivity contribution < 1.29 is 39.8 Å². The zero-order chi connectivity index (χ0) is 36.7. The first-order chi connectivity index (χ1) is 25.2. The Labute approximate surface area is 315 Å². The molecule has 0 spiro atoms. The third kappa shape index (κ3) is 9.67. The summed E-state index contributed by atoms with van der Waals surface area (Å²) in [4.78, 5) is 20.6. The molecule has 2 heterocycles. The number of amides is 1. The van der Waals surface area contributed by atoms with Crippen LogP contribution in [-0.4, -0.2) is 110 Å². The first-order valence-electron chi connectivity index (χ1n) is 18.5. The lowest BCUT2D eigenvalue weighted by Crippen LogP contribution is -2.55. The van der Waals surface area contributed by atoms with Crippen molar-refractivity contribution in [3.05, 3.63) is 77.1 Å². The fraction of sp³-hybridized carbons (Fsp3) is 0.550. The summed E-state index contributed by atoms with van der Waals surface area (Å²) in [5.74, 6) is 1.05. The molecule has 3 aromatic rings. The smallest absolute Gasteiger partial charge is 0.254 e. The first kappa shape index (κ1) is 39.0. The minimum Gasteiger partial charge on any atom is -0.490 e. The molecule has 52 heavy (non-hydrogen) atoms. The van der Waals surface area contributed by atoms with Crippen LogP contribution in [0.15, 0.2) is 65.8 Å². The van der Waals surface area contributed by atoms with E-state index in [2.05, 4.69) is 35.3 Å². The predicted molar refractivity (Wildman–Crippen MR) is 201 cm³/mol. The number of aliphatic hydroxyl groups excluding tert-OH is 5. The molecule has 1 aliphatic heterocycles. The molecule has 2 aromatic carbocycles. The fourth-order valence-corrected chi connectivity index (χ4v) is 8.29. The molecule has 0 unspecified atom stereocenters. The molecule has 2 aliphatic carbocycles. The number of pyridine rings is 1. The van der Waals surface area contributed by atoms with E-state index < -0.39 is 36.9 Å². The normalized spacial score (nSPS) is 19.4. The number of nitrogens with zero attached hydrogens (tertiary/aromatic N) is 2. The maximum absolute atomic E-state index is 13.3. The van der Waals surface area contributed by atoms with Crippen LogP contribution in [0.1, 0.15) is 68.9 Å². The summed E-state index contributed by atoms with van der Waals surface area (Å²) in [6.45, 7) is 0.533. The third-order valence-electron chi connectivity index (χ3n) is 10.6. The van der Waals surface area contributed by atoms with Crippen molar-refractivity contribution in [1.29, 1.82) is 0 Å². The number of hydrogen-bond donors (Lipinski definition) is 5. The van der Waals surface area contributed by atoms with E-state index in [0.29, 0.717) is 45.1 Å². The second-order valence-electron chi connectivity index (χ2n) is 14.4. The molecular formula is C40H51ClN2O8S. The van der Waals surface area contributed by atoms with E-state index in [1.54, 1.807) is 16.7 Å². The van der Waals surface area contributed by atoms with Crippen molar-refractivity contribution in [2.24, 2.45) is 0 Å². The van der Waals surface area contributed by atoms with Gasteiger partial charge in [0.05, 0.1) is 12.7 Å². The van der Waals surface area contributed by atoms with E-state index in [1.165, 1.54) is 11.1 Å². The Hall–Kier alpha value is -2.74. The number of rotatable bonds is 19. The number of benzene rings is 2. The average Bonchev–Trinajstić information content (AvgIpc) is 4.13. The number of ether oxygens (including phenoxy) is 2. The SMILES string of the molecule is O=C([C@@H](O)[C@@H](O)[C@H](O)[C@@H](O)CO)N(CCCCSc1ccc(Cl)c(CCC2(c3cnccc3-c3ccccc3OC3CC3)CC2)c1)C1CCOCC1. The van der Waals surface area contributed by atoms with Crippen molar-refractivity contribution in [2.45, 2.75) is 111 Å². The number of aryl methyl sites for hydroxylation is 1. The van der Waals surface area contributed by atoms with Crippen LogP contribution in [-0.2, 0) is 21.4 Å². The number of aromatic nitrogens is 1. The Morgan fingerprint density at radius 2 is 1.77 bits per heavy atom. The fourth-order valence-electron chi connectivity index (χ4n) is 7.10. The van der Waals surface area contributed by atoms with Crippen molar-refractivity contribution >= 4 is 29.3 Å². The van der Waals surface area contributed by atoms with Crippen LogP contribution in [0.3, 0.4) is 0 Å². The molecule has 0 radical (unpaired) electrons. The average molecular weight is 755 g/mol. The Morgan fingerprint density at radius 3 is 2.50 bits per heavy atom. The van der Waals surface area contributed by atoms with Gasteiger partial charge in [-0.05, 0) is 122 Å². The van der Waals surface area contributed by atoms with E-state index in [4.69, 9.17) is 26.2 Å². The highest BCUT2D eigenvalue weighted by atomic mass is 35.5. The molecule has 6 rings (SSSR count). The monoisotopic (exact) mass is 754 g/mol. The van der Waals surface area contributed by atoms with Gasteiger partial charge in [-0.25, -0.2) is 0 Å². The van der Waals surface area contributed by atoms with Crippen LogP contribution < -0.4 is 4.74 Å². The molecule has 0 bridgehead atoms. The summed E-state index contributed by atoms with van der Waals surface area (Å²) >= 11 is 8.48. The molecule has 4 atom stereocenters. The number of carbonyl (C=O) groups excluding carboxylic acids is 1. The Kier molecular flexibility index (Phi) is 13.5. The topological polar surface area (TPSA) is 153 Å². The van der Waals surface area contributed by atoms with Gasteiger partial charge in [-0.15, -0.1) is 11.8 Å². The quantitative estimate of drug-likeness (QED) is 0.0843. The zero-order valence-electron chi connectivity index (χ0n) is 29.5. The highest BCUT2D eigenvalue weighted by Gasteiger charge is 2.45. The van der Waals surface area contributed by atoms with E-state index >= 15 is 0 Å². The Bertz CT molecular complexity index is 1630. The summed E-state index contributed by atoms with van der Waals surface area (Å²) in [6.07, 6.45) is 5.75. The molecule has 2 saturated carbocycles. The highest BCUT2D eigenvalue weighted by Crippen LogP contribution is 2.55. The number of unbranched alkanes of at least 4 members (excludes halogenated alkanes) is 1. The van der Waals surface area contributed by atoms with Gasteiger partial charge >= 0.3 is 0 Å². The molecule has 12 heteroatoms. The number of carbonyl (C=O) groups is 1. The van der Waals surface area contributed by atoms with Crippen LogP contribution >= 0.6 is 23.4 Å². The molecule has 3 fully saturated rings. The molecule has 1 saturated heterocycles. The summed E-state index contributed by atoms with van der Waals surface area (Å²) in [5.41, 5.74) is 4.77. The van der Waals surface area contributed by atoms with Crippen LogP contribution in [0.25, 0.3) is 11.1 Å². The predicted octanol–water partition coefficient (Wildman–Crippen LogP) is 4.92. The van der Waals surface area contributed by atoms with Gasteiger partial charge < -0.3 is 39.9 Å². The van der Waals surface area contributed by atoms with E-state index in [-0.39, 0.29) is 11.5 Å². The minimum absolute atomic E-state index is 0.0525. The molecule has 10 nitrogen and oxygen atoms in total. The lowest BCUT2D eigenvalue weighted by Gasteiger charge is -2.37. The molecular weight excluding hydrogens is 704 g/mol. The summed E-state index contributed by atoms with van der Waals surface area (Å²) in [7, 11) is 0. The lowest BCUT2D eigenvalue weighted by molar-refractivity contribution is -0.162. The largest absolute Gasteiger partial charge is 0.490 e. The molecule has 3 aliphatic rings. The molecule has 5 N–H and O–H groups in total. The molecule has 1 aromatic heterocycles. The number of hydrogen-bond acceptors (Lipinski definition) is 10. The zero-order valence-corrected chi connectivity index (χ0v) is 31.1. The van der Waals surface area contributed by atoms with E-state index in [0.717, 1.165) is 77.5 Å². The van der Waals surface area contributed by atoms with Crippen molar-refractivity contribution in [1.82, 2.24) is 9.88 Å². The van der Waals surface area contributed by atoms with Gasteiger partial charge in [0.25, 0.3) is 5.91 Å². The second kappa shape index (κ2) is 18.1. The Morgan fingerprint density at radius 1 is 1.00 bits per heavy atom. The first-order valence-corrected chi connectivity index (χ1v) is 19.9. The van der Waals surface area contributed by atoms with Crippen LogP contribution in [0, 0.1) is 0 Å². The van der Waals surface area contributed by atoms with Crippen molar-refractivity contribution in [2.75, 3.05) is 32.1 Å². The van der Waals surface area contributed by atoms with Crippen molar-refractivity contribution in [3.8, 4) is 16.9 Å². The van der Waals surface area contributed by atoms with Gasteiger partial charge in [-0.2, -0.15) is 0 Å². The third-order valence-corrected chi connectivity index (χ3v) is 12.1. The van der Waals surface area contributed by atoms with Gasteiger partial charge in [0, 0.05) is 53.7 Å². The maximum atomic E-state index is 13.3. The van der Waals surface area contributed by atoms with Crippen LogP contribution in [0.4, 0.5) is 0 Å². The number of aliphatic hydroxyl groups is 5. The van der Waals surface area contributed by atoms with Gasteiger partial charge in [0.2, 0.25) is 0 Å². The van der Waals surface area contributed by atoms with E-state index in [9.17, 15) is 25.2 Å². The summed E-state index contributed by atoms with van der Waals surface area (Å²) < 4.78 is 11.8. The van der Waals surface area contributed by atoms with Gasteiger partial charge in [0.1, 0.15) is 24.1 Å². The van der Waals surface area contributed by atoms with Gasteiger partial charge in [0.15, 0.2) is 6.10 Å². The molecule has 282 valence electrons. The standard InChI is InChI=1S/C40H51ClN2O8S/c41-33-10-9-29(52-22-4-3-19-43(27-13-20-50-21-14-27)39(49)38(48)37(47)36(46)34(45)25-44)23-26(33)11-15-40(16-17-40)32-24-42-18-12-30(32)31-5-1-2-6-35(31)51-28-7-8-28/h1-2,5-6,9-10,12,18,23-24,27-28,34,36-38,44-48H,3-4,7-8,11,13-17,19-22,25H2/t34-,36+,37-,38-/m0/s1. The lowest BCUT2D eigenvalue weighted by atomic mass is 9.85. The molecule has 1 amide bonds. The van der Waals surface area contributed by atoms with Crippen LogP contribution in [0.2, 0.25) is 5.02 Å². The number of thioether (sulfide) groups is 1. The Balaban J connectivity index is 1.04. The second-order valence-corrected chi connectivity index (χ2v) is 16.0. The number of para-hydroxylation sites is 1. The summed E-state index contributed by atoms with van der Waals surface area (Å²) in [5, 5.41) is 50.7. The highest BCUT2D eigenvalue weighted by molar-refractivity contribution is 7.99. The van der Waals surface area contributed by atoms with Gasteiger partial charge in [-0.3, -0.25) is 9.78 Å². The van der Waals surface area contributed by atoms with Crippen LogP contribution in [0.5, 0.6) is 5.75 Å². The number of halogens is 1. The summed E-state index contributed by atoms with van der Waals surface area (Å²) in [6, 6.07) is 16.5. The van der Waals surface area contributed by atoms with E-state index in [1.807, 2.05) is 30.6 Å². The van der Waals surface area contributed by atoms with Crippen molar-refractivity contribution in [3.63, 3.8) is 0 Å². The minimum atomic E-state index is -1.93. The van der Waals surface area contributed by atoms with Gasteiger partial charge in [-0.1, -0.05) is 29.8 Å².